The summed E-state index contributed by atoms with van der Waals surface area (Å²) in [6.07, 6.45) is 0.680. The number of nitrogens with zero attached hydrogens (tertiary/aromatic N) is 2. The van der Waals surface area contributed by atoms with Gasteiger partial charge in [0.2, 0.25) is 0 Å². The smallest absolute Gasteiger partial charge is 0.284 e. The van der Waals surface area contributed by atoms with E-state index in [4.69, 9.17) is 5.26 Å². The molecule has 0 amide bonds. The average molecular weight is 151 g/mol. The molecular formula is C7H9N3O. The van der Waals surface area contributed by atoms with E-state index >= 15 is 0 Å². The number of hydrogen-bond donors (Lipinski definition) is 1. The fraction of sp³-hybridized carbons (Fsp3) is 0.429. The molecule has 0 unspecified atom stereocenters. The highest BCUT2D eigenvalue weighted by Gasteiger charge is 2.08. The van der Waals surface area contributed by atoms with Crippen molar-refractivity contribution in [3.05, 3.63) is 21.6 Å². The third-order valence-electron chi connectivity index (χ3n) is 1.59. The van der Waals surface area contributed by atoms with Crippen LogP contribution in [0.2, 0.25) is 0 Å². The van der Waals surface area contributed by atoms with E-state index in [0.717, 1.165) is 0 Å². The Hall–Kier alpha value is -1.50. The van der Waals surface area contributed by atoms with Crippen molar-refractivity contribution in [2.24, 2.45) is 7.05 Å². The molecule has 4 heteroatoms. The fourth-order valence-electron chi connectivity index (χ4n) is 0.977. The van der Waals surface area contributed by atoms with Gasteiger partial charge in [-0.3, -0.25) is 14.6 Å². The first-order valence-corrected chi connectivity index (χ1v) is 3.38. The Morgan fingerprint density at radius 2 is 2.36 bits per heavy atom. The average Bonchev–Trinajstić information content (AvgIpc) is 2.28. The molecule has 0 aromatic carbocycles. The molecule has 1 N–H and O–H groups in total. The normalized spacial score (nSPS) is 9.55. The number of aryl methyl sites for hydroxylation is 2. The predicted octanol–water partition coefficient (Wildman–Crippen LogP) is 0.147. The number of H-pyrrole nitrogens is 1. The first-order chi connectivity index (χ1) is 5.20. The summed E-state index contributed by atoms with van der Waals surface area (Å²) in [5.41, 5.74) is 0.694. The van der Waals surface area contributed by atoms with Gasteiger partial charge in [0.25, 0.3) is 5.56 Å². The molecule has 1 aromatic rings. The Kier molecular flexibility index (Phi) is 1.81. The highest BCUT2D eigenvalue weighted by atomic mass is 16.1. The van der Waals surface area contributed by atoms with E-state index in [1.807, 2.05) is 13.0 Å². The summed E-state index contributed by atoms with van der Waals surface area (Å²) in [4.78, 5) is 11.1. The van der Waals surface area contributed by atoms with E-state index in [9.17, 15) is 4.79 Å². The van der Waals surface area contributed by atoms with Gasteiger partial charge in [0.15, 0.2) is 0 Å². The fourth-order valence-corrected chi connectivity index (χ4v) is 0.977. The zero-order chi connectivity index (χ0) is 8.43. The minimum atomic E-state index is -0.246. The highest BCUT2D eigenvalue weighted by molar-refractivity contribution is 5.30. The van der Waals surface area contributed by atoms with Crippen LogP contribution in [-0.4, -0.2) is 9.78 Å². The van der Waals surface area contributed by atoms with Gasteiger partial charge < -0.3 is 0 Å². The lowest BCUT2D eigenvalue weighted by Crippen LogP contribution is -2.13. The minimum absolute atomic E-state index is 0.231. The summed E-state index contributed by atoms with van der Waals surface area (Å²) in [5, 5.41) is 11.4. The second-order valence-corrected chi connectivity index (χ2v) is 2.29. The number of aromatic nitrogens is 2. The third-order valence-corrected chi connectivity index (χ3v) is 1.59. The van der Waals surface area contributed by atoms with Crippen molar-refractivity contribution in [3.8, 4) is 6.07 Å². The van der Waals surface area contributed by atoms with Crippen molar-refractivity contribution >= 4 is 0 Å². The number of nitriles is 1. The molecule has 58 valence electrons. The SMILES string of the molecule is CCc1[nH]n(C)c(=O)c1C#N. The largest absolute Gasteiger partial charge is 0.299 e. The number of nitrogens with one attached hydrogen (secondary N) is 1. The molecule has 0 spiro atoms. The van der Waals surface area contributed by atoms with Crippen LogP contribution in [0.5, 0.6) is 0 Å². The molecule has 0 fully saturated rings. The zero-order valence-electron chi connectivity index (χ0n) is 6.51. The lowest BCUT2D eigenvalue weighted by atomic mass is 10.2. The Bertz CT molecular complexity index is 353. The Morgan fingerprint density at radius 3 is 2.73 bits per heavy atom. The van der Waals surface area contributed by atoms with Gasteiger partial charge in [-0.2, -0.15) is 5.26 Å². The van der Waals surface area contributed by atoms with Crippen LogP contribution >= 0.6 is 0 Å². The van der Waals surface area contributed by atoms with E-state index in [-0.39, 0.29) is 11.1 Å². The Balaban J connectivity index is 3.42. The van der Waals surface area contributed by atoms with E-state index in [1.54, 1.807) is 7.05 Å². The molecule has 0 aliphatic rings. The second kappa shape index (κ2) is 2.62. The van der Waals surface area contributed by atoms with E-state index in [0.29, 0.717) is 12.1 Å². The van der Waals surface area contributed by atoms with Crippen LogP contribution in [0.25, 0.3) is 0 Å². The quantitative estimate of drug-likeness (QED) is 0.620. The molecule has 11 heavy (non-hydrogen) atoms. The van der Waals surface area contributed by atoms with E-state index < -0.39 is 0 Å². The summed E-state index contributed by atoms with van der Waals surface area (Å²) >= 11 is 0. The molecule has 1 rings (SSSR count). The third kappa shape index (κ3) is 1.05. The van der Waals surface area contributed by atoms with Gasteiger partial charge in [0, 0.05) is 7.05 Å². The van der Waals surface area contributed by atoms with Crippen LogP contribution in [0, 0.1) is 11.3 Å². The number of rotatable bonds is 1. The topological polar surface area (TPSA) is 61.6 Å². The highest BCUT2D eigenvalue weighted by Crippen LogP contribution is 1.98. The van der Waals surface area contributed by atoms with Gasteiger partial charge >= 0.3 is 0 Å². The maximum absolute atomic E-state index is 11.1. The summed E-state index contributed by atoms with van der Waals surface area (Å²) < 4.78 is 1.32. The maximum Gasteiger partial charge on any atom is 0.284 e. The van der Waals surface area contributed by atoms with Gasteiger partial charge in [-0.05, 0) is 6.42 Å². The lowest BCUT2D eigenvalue weighted by Gasteiger charge is -1.87. The van der Waals surface area contributed by atoms with Gasteiger partial charge in [0.1, 0.15) is 11.6 Å². The standard InChI is InChI=1S/C7H9N3O/c1-3-6-5(4-8)7(11)10(2)9-6/h9H,3H2,1-2H3. The van der Waals surface area contributed by atoms with E-state index in [2.05, 4.69) is 5.10 Å². The molecule has 0 saturated heterocycles. The van der Waals surface area contributed by atoms with Crippen LogP contribution < -0.4 is 5.56 Å². The van der Waals surface area contributed by atoms with Crippen molar-refractivity contribution in [2.75, 3.05) is 0 Å². The molecule has 0 aliphatic heterocycles. The Labute approximate surface area is 64.1 Å². The van der Waals surface area contributed by atoms with Crippen molar-refractivity contribution in [1.29, 1.82) is 5.26 Å². The molecule has 1 heterocycles. The van der Waals surface area contributed by atoms with Crippen LogP contribution in [-0.2, 0) is 13.5 Å². The molecule has 0 atom stereocenters. The van der Waals surface area contributed by atoms with Gasteiger partial charge in [0.05, 0.1) is 5.69 Å². The second-order valence-electron chi connectivity index (χ2n) is 2.29. The van der Waals surface area contributed by atoms with Gasteiger partial charge in [-0.15, -0.1) is 0 Å². The van der Waals surface area contributed by atoms with Crippen LogP contribution in [0.3, 0.4) is 0 Å². The number of hydrogen-bond acceptors (Lipinski definition) is 2. The van der Waals surface area contributed by atoms with Crippen molar-refractivity contribution in [3.63, 3.8) is 0 Å². The first-order valence-electron chi connectivity index (χ1n) is 3.38. The van der Waals surface area contributed by atoms with Crippen LogP contribution in [0.15, 0.2) is 4.79 Å². The molecule has 4 nitrogen and oxygen atoms in total. The zero-order valence-corrected chi connectivity index (χ0v) is 6.51. The van der Waals surface area contributed by atoms with E-state index in [1.165, 1.54) is 4.68 Å². The minimum Gasteiger partial charge on any atom is -0.299 e. The first kappa shape index (κ1) is 7.61. The summed E-state index contributed by atoms with van der Waals surface area (Å²) in [5.74, 6) is 0. The molecule has 0 saturated carbocycles. The molecular weight excluding hydrogens is 142 g/mol. The summed E-state index contributed by atoms with van der Waals surface area (Å²) in [7, 11) is 1.60. The predicted molar refractivity (Wildman–Crippen MR) is 40.1 cm³/mol. The monoisotopic (exact) mass is 151 g/mol. The van der Waals surface area contributed by atoms with Crippen molar-refractivity contribution in [2.45, 2.75) is 13.3 Å². The molecule has 0 bridgehead atoms. The van der Waals surface area contributed by atoms with Crippen LogP contribution in [0.1, 0.15) is 18.2 Å². The number of aromatic amines is 1. The lowest BCUT2D eigenvalue weighted by molar-refractivity contribution is 0.722. The Morgan fingerprint density at radius 1 is 1.73 bits per heavy atom. The molecule has 0 radical (unpaired) electrons. The van der Waals surface area contributed by atoms with Gasteiger partial charge in [-0.1, -0.05) is 6.92 Å². The molecule has 0 aliphatic carbocycles. The van der Waals surface area contributed by atoms with Gasteiger partial charge in [-0.25, -0.2) is 0 Å². The van der Waals surface area contributed by atoms with Crippen molar-refractivity contribution < 1.29 is 0 Å². The maximum atomic E-state index is 11.1. The van der Waals surface area contributed by atoms with Crippen LogP contribution in [0.4, 0.5) is 0 Å². The summed E-state index contributed by atoms with van der Waals surface area (Å²) in [6.45, 7) is 1.89. The summed E-state index contributed by atoms with van der Waals surface area (Å²) in [6, 6.07) is 1.87. The molecule has 1 aromatic heterocycles. The van der Waals surface area contributed by atoms with Crippen molar-refractivity contribution in [1.82, 2.24) is 9.78 Å².